The van der Waals surface area contributed by atoms with E-state index in [1.165, 1.54) is 11.3 Å². The van der Waals surface area contributed by atoms with E-state index in [-0.39, 0.29) is 5.91 Å². The molecule has 2 aromatic rings. The van der Waals surface area contributed by atoms with Crippen molar-refractivity contribution < 1.29 is 4.79 Å². The zero-order valence-corrected chi connectivity index (χ0v) is 9.61. The van der Waals surface area contributed by atoms with E-state index >= 15 is 0 Å². The van der Waals surface area contributed by atoms with Gasteiger partial charge in [-0.05, 0) is 18.4 Å². The molecule has 2 heterocycles. The molecule has 0 radical (unpaired) electrons. The normalized spacial score (nSPS) is 10.3. The number of nitrogen functional groups attached to an aromatic ring is 1. The van der Waals surface area contributed by atoms with Gasteiger partial charge in [0.05, 0.1) is 10.6 Å². The predicted octanol–water partition coefficient (Wildman–Crippen LogP) is 1.78. The maximum atomic E-state index is 11.4. The van der Waals surface area contributed by atoms with Crippen LogP contribution in [-0.4, -0.2) is 10.9 Å². The van der Waals surface area contributed by atoms with Gasteiger partial charge >= 0.3 is 0 Å². The molecule has 15 heavy (non-hydrogen) atoms. The Labute approximate surface area is 94.7 Å². The second-order valence-corrected chi connectivity index (χ2v) is 4.83. The van der Waals surface area contributed by atoms with Crippen molar-refractivity contribution in [3.05, 3.63) is 28.1 Å². The Morgan fingerprint density at radius 2 is 2.40 bits per heavy atom. The first-order valence-electron chi connectivity index (χ1n) is 4.24. The fraction of sp³-hybridized carbons (Fsp3) is 0.111. The molecule has 0 aromatic carbocycles. The summed E-state index contributed by atoms with van der Waals surface area (Å²) in [6.45, 7) is 1.80. The molecule has 78 valence electrons. The first-order valence-corrected chi connectivity index (χ1v) is 5.94. The second kappa shape index (κ2) is 4.09. The second-order valence-electron chi connectivity index (χ2n) is 2.88. The SMILES string of the molecule is Cc1nc(-c2cccs2)sc1C(=O)NN. The van der Waals surface area contributed by atoms with Gasteiger partial charge in [-0.3, -0.25) is 10.2 Å². The lowest BCUT2D eigenvalue weighted by atomic mass is 10.4. The zero-order chi connectivity index (χ0) is 10.8. The zero-order valence-electron chi connectivity index (χ0n) is 7.98. The number of nitrogens with zero attached hydrogens (tertiary/aromatic N) is 1. The van der Waals surface area contributed by atoms with Gasteiger partial charge in [0.2, 0.25) is 0 Å². The van der Waals surface area contributed by atoms with Crippen molar-refractivity contribution in [2.45, 2.75) is 6.92 Å². The Morgan fingerprint density at radius 3 is 3.00 bits per heavy atom. The lowest BCUT2D eigenvalue weighted by Crippen LogP contribution is -2.29. The van der Waals surface area contributed by atoms with E-state index in [1.807, 2.05) is 17.5 Å². The van der Waals surface area contributed by atoms with Crippen LogP contribution in [0.5, 0.6) is 0 Å². The molecular formula is C9H9N3OS2. The number of hydrazine groups is 1. The number of amides is 1. The molecular weight excluding hydrogens is 230 g/mol. The molecule has 3 N–H and O–H groups in total. The van der Waals surface area contributed by atoms with Crippen LogP contribution in [0, 0.1) is 6.92 Å². The number of hydrogen-bond acceptors (Lipinski definition) is 5. The molecule has 2 aromatic heterocycles. The molecule has 0 aliphatic heterocycles. The van der Waals surface area contributed by atoms with Crippen LogP contribution in [0.3, 0.4) is 0 Å². The summed E-state index contributed by atoms with van der Waals surface area (Å²) in [7, 11) is 0. The van der Waals surface area contributed by atoms with Gasteiger partial charge in [-0.2, -0.15) is 0 Å². The van der Waals surface area contributed by atoms with Gasteiger partial charge in [0.1, 0.15) is 9.88 Å². The van der Waals surface area contributed by atoms with E-state index in [9.17, 15) is 4.79 Å². The average Bonchev–Trinajstić information content (AvgIpc) is 2.84. The van der Waals surface area contributed by atoms with E-state index in [2.05, 4.69) is 10.4 Å². The van der Waals surface area contributed by atoms with E-state index in [4.69, 9.17) is 5.84 Å². The van der Waals surface area contributed by atoms with Crippen LogP contribution < -0.4 is 11.3 Å². The number of thiazole rings is 1. The number of rotatable bonds is 2. The van der Waals surface area contributed by atoms with Gasteiger partial charge < -0.3 is 0 Å². The molecule has 2 rings (SSSR count). The Kier molecular flexibility index (Phi) is 2.81. The third kappa shape index (κ3) is 1.92. The number of nitrogens with two attached hydrogens (primary N) is 1. The summed E-state index contributed by atoms with van der Waals surface area (Å²) in [5, 5.41) is 2.84. The smallest absolute Gasteiger partial charge is 0.277 e. The molecule has 6 heteroatoms. The van der Waals surface area contributed by atoms with E-state index in [1.54, 1.807) is 18.3 Å². The number of nitrogens with one attached hydrogen (secondary N) is 1. The Bertz CT molecular complexity index is 476. The molecule has 0 atom stereocenters. The predicted molar refractivity (Wildman–Crippen MR) is 61.8 cm³/mol. The summed E-state index contributed by atoms with van der Waals surface area (Å²) in [5.74, 6) is 4.80. The Hall–Kier alpha value is -1.24. The highest BCUT2D eigenvalue weighted by Gasteiger charge is 2.15. The lowest BCUT2D eigenvalue weighted by Gasteiger charge is -1.93. The monoisotopic (exact) mass is 239 g/mol. The highest BCUT2D eigenvalue weighted by molar-refractivity contribution is 7.22. The van der Waals surface area contributed by atoms with Gasteiger partial charge in [-0.25, -0.2) is 10.8 Å². The third-order valence-corrected chi connectivity index (χ3v) is 4.06. The van der Waals surface area contributed by atoms with Crippen molar-refractivity contribution in [2.24, 2.45) is 5.84 Å². The third-order valence-electron chi connectivity index (χ3n) is 1.87. The number of carbonyl (C=O) groups excluding carboxylic acids is 1. The molecule has 0 fully saturated rings. The Morgan fingerprint density at radius 1 is 1.60 bits per heavy atom. The summed E-state index contributed by atoms with van der Waals surface area (Å²) in [6.07, 6.45) is 0. The summed E-state index contributed by atoms with van der Waals surface area (Å²) >= 11 is 2.96. The minimum Gasteiger partial charge on any atom is -0.289 e. The van der Waals surface area contributed by atoms with E-state index in [0.29, 0.717) is 10.6 Å². The summed E-state index contributed by atoms with van der Waals surface area (Å²) in [6, 6.07) is 3.94. The molecule has 1 amide bonds. The maximum Gasteiger partial charge on any atom is 0.277 e. The van der Waals surface area contributed by atoms with Crippen LogP contribution in [0.1, 0.15) is 15.4 Å². The molecule has 0 unspecified atom stereocenters. The quantitative estimate of drug-likeness (QED) is 0.477. The fourth-order valence-electron chi connectivity index (χ4n) is 1.18. The van der Waals surface area contributed by atoms with Crippen LogP contribution >= 0.6 is 22.7 Å². The van der Waals surface area contributed by atoms with E-state index < -0.39 is 0 Å². The average molecular weight is 239 g/mol. The molecule has 0 aliphatic carbocycles. The summed E-state index contributed by atoms with van der Waals surface area (Å²) in [5.41, 5.74) is 2.83. The highest BCUT2D eigenvalue weighted by atomic mass is 32.1. The van der Waals surface area contributed by atoms with Crippen molar-refractivity contribution in [3.63, 3.8) is 0 Å². The lowest BCUT2D eigenvalue weighted by molar-refractivity contribution is 0.0957. The largest absolute Gasteiger partial charge is 0.289 e. The topological polar surface area (TPSA) is 68.0 Å². The van der Waals surface area contributed by atoms with Crippen LogP contribution in [0.4, 0.5) is 0 Å². The molecule has 0 saturated carbocycles. The van der Waals surface area contributed by atoms with Crippen molar-refractivity contribution in [1.82, 2.24) is 10.4 Å². The van der Waals surface area contributed by atoms with Crippen molar-refractivity contribution in [1.29, 1.82) is 0 Å². The molecule has 0 saturated heterocycles. The Balaban J connectivity index is 2.41. The number of hydrogen-bond donors (Lipinski definition) is 2. The summed E-state index contributed by atoms with van der Waals surface area (Å²) in [4.78, 5) is 17.3. The first-order chi connectivity index (χ1) is 7.22. The fourth-order valence-corrected chi connectivity index (χ4v) is 2.94. The van der Waals surface area contributed by atoms with Crippen LogP contribution in [0.25, 0.3) is 9.88 Å². The van der Waals surface area contributed by atoms with Gasteiger partial charge in [-0.15, -0.1) is 22.7 Å². The first kappa shape index (κ1) is 10.3. The standard InChI is InChI=1S/C9H9N3OS2/c1-5-7(8(13)12-10)15-9(11-5)6-3-2-4-14-6/h2-4H,10H2,1H3,(H,12,13). The van der Waals surface area contributed by atoms with Gasteiger partial charge in [0.25, 0.3) is 5.91 Å². The highest BCUT2D eigenvalue weighted by Crippen LogP contribution is 2.30. The number of aryl methyl sites for hydroxylation is 1. The van der Waals surface area contributed by atoms with Crippen molar-refractivity contribution in [2.75, 3.05) is 0 Å². The molecule has 0 bridgehead atoms. The molecule has 4 nitrogen and oxygen atoms in total. The van der Waals surface area contributed by atoms with Gasteiger partial charge in [-0.1, -0.05) is 6.07 Å². The molecule has 0 aliphatic rings. The van der Waals surface area contributed by atoms with E-state index in [0.717, 1.165) is 9.88 Å². The van der Waals surface area contributed by atoms with Crippen LogP contribution in [0.2, 0.25) is 0 Å². The number of carbonyl (C=O) groups is 1. The van der Waals surface area contributed by atoms with Crippen LogP contribution in [-0.2, 0) is 0 Å². The van der Waals surface area contributed by atoms with Gasteiger partial charge in [0, 0.05) is 0 Å². The minimum absolute atomic E-state index is 0.284. The minimum atomic E-state index is -0.284. The number of thiophene rings is 1. The number of aromatic nitrogens is 1. The molecule has 0 spiro atoms. The van der Waals surface area contributed by atoms with Crippen LogP contribution in [0.15, 0.2) is 17.5 Å². The van der Waals surface area contributed by atoms with Crippen molar-refractivity contribution in [3.8, 4) is 9.88 Å². The summed E-state index contributed by atoms with van der Waals surface area (Å²) < 4.78 is 0. The van der Waals surface area contributed by atoms with Crippen molar-refractivity contribution >= 4 is 28.6 Å². The van der Waals surface area contributed by atoms with Gasteiger partial charge in [0.15, 0.2) is 0 Å². The maximum absolute atomic E-state index is 11.4.